The smallest absolute Gasteiger partial charge is 0.433 e. The Morgan fingerprint density at radius 3 is 1.61 bits per heavy atom. The second-order valence-electron chi connectivity index (χ2n) is 6.60. The summed E-state index contributed by atoms with van der Waals surface area (Å²) < 4.78 is 18.2. The summed E-state index contributed by atoms with van der Waals surface area (Å²) in [5, 5.41) is 0. The van der Waals surface area contributed by atoms with Gasteiger partial charge in [-0.25, -0.2) is 0 Å². The number of hydrogen-bond acceptors (Lipinski definition) is 3. The van der Waals surface area contributed by atoms with Gasteiger partial charge in [0.1, 0.15) is 3.61 Å². The Morgan fingerprint density at radius 1 is 0.833 bits per heavy atom. The van der Waals surface area contributed by atoms with Gasteiger partial charge in [0.2, 0.25) is 0 Å². The highest BCUT2D eigenvalue weighted by Crippen LogP contribution is 2.47. The van der Waals surface area contributed by atoms with Crippen LogP contribution in [0, 0.1) is 0 Å². The summed E-state index contributed by atoms with van der Waals surface area (Å²) in [4.78, 5) is 0. The predicted molar refractivity (Wildman–Crippen MR) is 94.9 cm³/mol. The summed E-state index contributed by atoms with van der Waals surface area (Å²) in [6.07, 6.45) is 0. The zero-order valence-electron chi connectivity index (χ0n) is 11.8. The van der Waals surface area contributed by atoms with E-state index in [1.165, 1.54) is 0 Å². The lowest BCUT2D eigenvalue weighted by Crippen LogP contribution is -2.45. The van der Waals surface area contributed by atoms with E-state index in [1.807, 2.05) is 0 Å². The van der Waals surface area contributed by atoms with Gasteiger partial charge in [-0.1, -0.05) is 29.5 Å². The molecule has 2 atom stereocenters. The minimum atomic E-state index is -0.285. The minimum Gasteiger partial charge on any atom is -0.433 e. The van der Waals surface area contributed by atoms with Crippen LogP contribution in [0.2, 0.25) is 0 Å². The summed E-state index contributed by atoms with van der Waals surface area (Å²) in [7, 11) is 0.685. The Hall–Kier alpha value is 1.53. The maximum Gasteiger partial charge on any atom is 0.436 e. The van der Waals surface area contributed by atoms with E-state index in [2.05, 4.69) is 86.7 Å². The van der Waals surface area contributed by atoms with Gasteiger partial charge in [-0.05, 0) is 57.2 Å². The molecule has 2 rings (SSSR count). The summed E-state index contributed by atoms with van der Waals surface area (Å²) in [6.45, 7) is 12.7. The fourth-order valence-electron chi connectivity index (χ4n) is 2.20. The molecular formula is C10H19B3I2O3. The van der Waals surface area contributed by atoms with E-state index in [4.69, 9.17) is 14.0 Å². The van der Waals surface area contributed by atoms with E-state index in [9.17, 15) is 0 Å². The lowest BCUT2D eigenvalue weighted by molar-refractivity contribution is 0.00578. The molecule has 0 radical (unpaired) electrons. The van der Waals surface area contributed by atoms with E-state index in [0.29, 0.717) is 0 Å². The third kappa shape index (κ3) is 2.53. The molecule has 2 fully saturated rings. The molecule has 0 amide bonds. The summed E-state index contributed by atoms with van der Waals surface area (Å²) in [5.41, 5.74) is -0.570. The largest absolute Gasteiger partial charge is 0.436 e. The van der Waals surface area contributed by atoms with Crippen molar-refractivity contribution in [2.45, 2.75) is 59.7 Å². The van der Waals surface area contributed by atoms with Crippen molar-refractivity contribution in [1.29, 1.82) is 0 Å². The van der Waals surface area contributed by atoms with Crippen LogP contribution in [0.4, 0.5) is 0 Å². The van der Waals surface area contributed by atoms with Crippen molar-refractivity contribution >= 4 is 66.1 Å². The summed E-state index contributed by atoms with van der Waals surface area (Å²) >= 11 is 4.87. The molecule has 0 spiro atoms. The van der Waals surface area contributed by atoms with E-state index in [-0.39, 0.29) is 31.8 Å². The van der Waals surface area contributed by atoms with E-state index < -0.39 is 0 Å². The van der Waals surface area contributed by atoms with Crippen LogP contribution in [0.3, 0.4) is 0 Å². The molecule has 0 aliphatic carbocycles. The van der Waals surface area contributed by atoms with Gasteiger partial charge in [-0.2, -0.15) is 0 Å². The Morgan fingerprint density at radius 2 is 1.28 bits per heavy atom. The zero-order valence-corrected chi connectivity index (χ0v) is 16.2. The standard InChI is InChI=1S/C10H19B3I2O3/c1-7(2)8(3,4)17-13(16-7)12-11-9(5,14)10(6,15)18-12/h11H,1-6H3. The highest BCUT2D eigenvalue weighted by Gasteiger charge is 2.63. The van der Waals surface area contributed by atoms with Gasteiger partial charge in [-0.15, -0.1) is 0 Å². The normalized spacial score (nSPS) is 42.2. The number of hydrogen-bond donors (Lipinski definition) is 0. The molecule has 0 aromatic heterocycles. The van der Waals surface area contributed by atoms with Crippen molar-refractivity contribution in [3.05, 3.63) is 0 Å². The number of halogens is 2. The molecule has 0 aromatic carbocycles. The lowest BCUT2D eigenvalue weighted by Gasteiger charge is -2.32. The SMILES string of the molecule is CC1(I)BB(B2OC(C)(C)C(C)(C)O2)OC1(C)I. The second-order valence-corrected chi connectivity index (χ2v) is 11.0. The van der Waals surface area contributed by atoms with Gasteiger partial charge in [-0.3, -0.25) is 0 Å². The van der Waals surface area contributed by atoms with Crippen molar-refractivity contribution in [1.82, 2.24) is 0 Å². The second kappa shape index (κ2) is 4.51. The van der Waals surface area contributed by atoms with Crippen LogP contribution in [0.25, 0.3) is 0 Å². The van der Waals surface area contributed by atoms with Crippen LogP contribution in [0.1, 0.15) is 41.5 Å². The molecule has 0 aromatic rings. The van der Waals surface area contributed by atoms with Crippen molar-refractivity contribution in [2.75, 3.05) is 0 Å². The van der Waals surface area contributed by atoms with Gasteiger partial charge in [0.15, 0.2) is 7.17 Å². The first-order chi connectivity index (χ1) is 7.88. The topological polar surface area (TPSA) is 27.7 Å². The molecule has 0 saturated carbocycles. The van der Waals surface area contributed by atoms with Crippen molar-refractivity contribution in [3.63, 3.8) is 0 Å². The van der Waals surface area contributed by atoms with Crippen LogP contribution in [0.15, 0.2) is 0 Å². The summed E-state index contributed by atoms with van der Waals surface area (Å²) in [5.74, 6) is 0. The van der Waals surface area contributed by atoms with Crippen LogP contribution in [-0.2, 0) is 14.0 Å². The third-order valence-electron chi connectivity index (χ3n) is 4.46. The molecule has 3 nitrogen and oxygen atoms in total. The molecule has 100 valence electrons. The predicted octanol–water partition coefficient (Wildman–Crippen LogP) is 2.41. The zero-order chi connectivity index (χ0) is 14.0. The lowest BCUT2D eigenvalue weighted by atomic mass is 9.14. The van der Waals surface area contributed by atoms with Gasteiger partial charge in [0.25, 0.3) is 6.70 Å². The van der Waals surface area contributed by atoms with Crippen molar-refractivity contribution in [3.8, 4) is 0 Å². The summed E-state index contributed by atoms with van der Waals surface area (Å²) in [6, 6.07) is 0. The van der Waals surface area contributed by atoms with E-state index >= 15 is 0 Å². The first-order valence-electron chi connectivity index (χ1n) is 6.29. The Bertz CT molecular complexity index is 294. The third-order valence-corrected chi connectivity index (χ3v) is 8.41. The van der Waals surface area contributed by atoms with Crippen LogP contribution >= 0.6 is 45.2 Å². The average Bonchev–Trinajstić information content (AvgIpc) is 2.45. The van der Waals surface area contributed by atoms with Gasteiger partial charge in [0, 0.05) is 3.32 Å². The molecule has 0 bridgehead atoms. The van der Waals surface area contributed by atoms with Crippen molar-refractivity contribution < 1.29 is 14.0 Å². The molecule has 2 aliphatic rings. The maximum absolute atomic E-state index is 6.16. The molecule has 2 saturated heterocycles. The van der Waals surface area contributed by atoms with Gasteiger partial charge >= 0.3 is 7.01 Å². The van der Waals surface area contributed by atoms with E-state index in [1.54, 1.807) is 0 Å². The number of rotatable bonds is 1. The highest BCUT2D eigenvalue weighted by atomic mass is 127. The van der Waals surface area contributed by atoms with Crippen LogP contribution < -0.4 is 0 Å². The van der Waals surface area contributed by atoms with Crippen LogP contribution in [0.5, 0.6) is 0 Å². The van der Waals surface area contributed by atoms with Gasteiger partial charge < -0.3 is 14.0 Å². The molecule has 8 heteroatoms. The first-order valence-corrected chi connectivity index (χ1v) is 8.45. The first kappa shape index (κ1) is 15.9. The van der Waals surface area contributed by atoms with Crippen LogP contribution in [-0.4, -0.2) is 39.0 Å². The Kier molecular flexibility index (Phi) is 3.99. The molecular weight excluding hydrogens is 454 g/mol. The Balaban J connectivity index is 2.14. The fraction of sp³-hybridized carbons (Fsp3) is 1.00. The molecule has 2 unspecified atom stereocenters. The Labute approximate surface area is 139 Å². The molecule has 2 aliphatic heterocycles. The maximum atomic E-state index is 6.16. The average molecular weight is 474 g/mol. The highest BCUT2D eigenvalue weighted by molar-refractivity contribution is 14.1. The number of alkyl halides is 2. The monoisotopic (exact) mass is 474 g/mol. The minimum absolute atomic E-state index is 0.00912. The fourth-order valence-corrected chi connectivity index (χ4v) is 3.31. The molecule has 18 heavy (non-hydrogen) atoms. The quantitative estimate of drug-likeness (QED) is 0.333. The molecule has 2 heterocycles. The van der Waals surface area contributed by atoms with Crippen molar-refractivity contribution in [2.24, 2.45) is 0 Å². The van der Waals surface area contributed by atoms with E-state index in [0.717, 1.165) is 7.17 Å². The molecule has 0 N–H and O–H groups in total. The van der Waals surface area contributed by atoms with Gasteiger partial charge in [0.05, 0.1) is 11.2 Å².